The molecule has 0 radical (unpaired) electrons. The average Bonchev–Trinajstić information content (AvgIpc) is 3.20. The second-order valence-electron chi connectivity index (χ2n) is 7.30. The van der Waals surface area contributed by atoms with Crippen LogP contribution in [-0.2, 0) is 4.74 Å². The third-order valence-electron chi connectivity index (χ3n) is 5.15. The topological polar surface area (TPSA) is 121 Å². The third-order valence-corrected chi connectivity index (χ3v) is 5.15. The van der Waals surface area contributed by atoms with Crippen molar-refractivity contribution >= 4 is 22.9 Å². The molecule has 0 unspecified atom stereocenters. The fraction of sp³-hybridized carbons (Fsp3) is 0.300. The summed E-state index contributed by atoms with van der Waals surface area (Å²) >= 11 is 0. The molecule has 1 aromatic carbocycles. The molecule has 10 nitrogen and oxygen atoms in total. The summed E-state index contributed by atoms with van der Waals surface area (Å²) in [6.45, 7) is 3.53. The molecule has 0 saturated carbocycles. The molecule has 0 spiro atoms. The van der Waals surface area contributed by atoms with Gasteiger partial charge in [-0.2, -0.15) is 15.0 Å². The number of fused-ring (bicyclic) bond motifs is 1. The van der Waals surface area contributed by atoms with Crippen LogP contribution in [0.2, 0.25) is 0 Å². The van der Waals surface area contributed by atoms with Gasteiger partial charge in [0, 0.05) is 18.9 Å². The second-order valence-corrected chi connectivity index (χ2v) is 7.30. The van der Waals surface area contributed by atoms with Crippen LogP contribution in [0.25, 0.3) is 28.4 Å². The Kier molecular flexibility index (Phi) is 5.05. The van der Waals surface area contributed by atoms with Crippen LogP contribution in [0.3, 0.4) is 0 Å². The molecule has 1 aliphatic rings. The van der Waals surface area contributed by atoms with Gasteiger partial charge in [0.15, 0.2) is 11.6 Å². The standard InChI is InChI=1S/C20H19F2N9O/c1-11-10-32-7-6-30(11)19-27-16(12-8-24-18(23)25-9-12)28-20(29-19)31-14-5-3-2-4-13(14)26-17(31)15(21)22/h2-5,8-9,11,15H,6-7,10H2,1H3,(H2,23,24,25)/t11-/m0/s1. The highest BCUT2D eigenvalue weighted by molar-refractivity contribution is 5.77. The molecule has 3 aromatic heterocycles. The maximum Gasteiger partial charge on any atom is 0.296 e. The van der Waals surface area contributed by atoms with Crippen LogP contribution in [0, 0.1) is 0 Å². The Morgan fingerprint density at radius 3 is 2.56 bits per heavy atom. The number of nitrogen functional groups attached to an aromatic ring is 1. The first-order valence-corrected chi connectivity index (χ1v) is 9.95. The zero-order valence-electron chi connectivity index (χ0n) is 17.1. The molecule has 4 aromatic rings. The first kappa shape index (κ1) is 20.1. The largest absolute Gasteiger partial charge is 0.377 e. The number of hydrogen-bond acceptors (Lipinski definition) is 9. The third kappa shape index (κ3) is 3.58. The van der Waals surface area contributed by atoms with Crippen molar-refractivity contribution < 1.29 is 13.5 Å². The number of nitrogens with zero attached hydrogens (tertiary/aromatic N) is 8. The van der Waals surface area contributed by atoms with Gasteiger partial charge in [0.1, 0.15) is 0 Å². The van der Waals surface area contributed by atoms with Gasteiger partial charge in [-0.05, 0) is 19.1 Å². The lowest BCUT2D eigenvalue weighted by molar-refractivity contribution is 0.0980. The molecule has 1 saturated heterocycles. The Morgan fingerprint density at radius 1 is 1.06 bits per heavy atom. The Hall–Kier alpha value is -3.80. The molecular formula is C20H19F2N9O. The first-order chi connectivity index (χ1) is 15.5. The molecule has 0 amide bonds. The molecule has 0 aliphatic carbocycles. The quantitative estimate of drug-likeness (QED) is 0.511. The number of morpholine rings is 1. The van der Waals surface area contributed by atoms with Gasteiger partial charge in [-0.1, -0.05) is 12.1 Å². The van der Waals surface area contributed by atoms with Crippen molar-refractivity contribution in [2.24, 2.45) is 0 Å². The van der Waals surface area contributed by atoms with Crippen LogP contribution in [0.5, 0.6) is 0 Å². The summed E-state index contributed by atoms with van der Waals surface area (Å²) in [5.74, 6) is 0.269. The van der Waals surface area contributed by atoms with Gasteiger partial charge < -0.3 is 15.4 Å². The molecule has 1 fully saturated rings. The number of anilines is 2. The number of rotatable bonds is 4. The lowest BCUT2D eigenvalue weighted by Crippen LogP contribution is -2.44. The predicted octanol–water partition coefficient (Wildman–Crippen LogP) is 2.41. The van der Waals surface area contributed by atoms with Gasteiger partial charge in [0.2, 0.25) is 17.8 Å². The van der Waals surface area contributed by atoms with Gasteiger partial charge in [0.05, 0.1) is 35.9 Å². The first-order valence-electron chi connectivity index (χ1n) is 9.95. The van der Waals surface area contributed by atoms with Crippen LogP contribution in [0.15, 0.2) is 36.7 Å². The maximum atomic E-state index is 13.9. The van der Waals surface area contributed by atoms with Crippen molar-refractivity contribution in [1.29, 1.82) is 0 Å². The summed E-state index contributed by atoms with van der Waals surface area (Å²) in [5, 5.41) is 0. The Labute approximate surface area is 181 Å². The zero-order chi connectivity index (χ0) is 22.2. The summed E-state index contributed by atoms with van der Waals surface area (Å²) in [6.07, 6.45) is 0.135. The van der Waals surface area contributed by atoms with E-state index < -0.39 is 12.2 Å². The van der Waals surface area contributed by atoms with Crippen molar-refractivity contribution in [2.75, 3.05) is 30.4 Å². The number of nitrogens with two attached hydrogens (primary N) is 1. The van der Waals surface area contributed by atoms with E-state index >= 15 is 0 Å². The monoisotopic (exact) mass is 439 g/mol. The van der Waals surface area contributed by atoms with Crippen LogP contribution < -0.4 is 10.6 Å². The number of benzene rings is 1. The van der Waals surface area contributed by atoms with Crippen molar-refractivity contribution in [3.05, 3.63) is 42.5 Å². The van der Waals surface area contributed by atoms with E-state index in [2.05, 4.69) is 29.9 Å². The van der Waals surface area contributed by atoms with E-state index in [1.807, 2.05) is 11.8 Å². The predicted molar refractivity (Wildman–Crippen MR) is 112 cm³/mol. The molecule has 5 rings (SSSR count). The number of alkyl halides is 2. The summed E-state index contributed by atoms with van der Waals surface area (Å²) < 4.78 is 34.6. The van der Waals surface area contributed by atoms with Crippen LogP contribution in [0.4, 0.5) is 20.7 Å². The van der Waals surface area contributed by atoms with E-state index in [1.165, 1.54) is 17.0 Å². The van der Waals surface area contributed by atoms with Crippen LogP contribution >= 0.6 is 0 Å². The Bertz CT molecular complexity index is 1260. The number of aromatic nitrogens is 7. The lowest BCUT2D eigenvalue weighted by atomic mass is 10.2. The highest BCUT2D eigenvalue weighted by atomic mass is 19.3. The van der Waals surface area contributed by atoms with E-state index in [9.17, 15) is 8.78 Å². The number of halogens is 2. The van der Waals surface area contributed by atoms with E-state index in [1.54, 1.807) is 24.3 Å². The average molecular weight is 439 g/mol. The number of imidazole rings is 1. The van der Waals surface area contributed by atoms with E-state index in [0.717, 1.165) is 0 Å². The fourth-order valence-corrected chi connectivity index (χ4v) is 3.59. The number of hydrogen-bond donors (Lipinski definition) is 1. The van der Waals surface area contributed by atoms with Gasteiger partial charge >= 0.3 is 0 Å². The molecule has 32 heavy (non-hydrogen) atoms. The summed E-state index contributed by atoms with van der Waals surface area (Å²) in [7, 11) is 0. The lowest BCUT2D eigenvalue weighted by Gasteiger charge is -2.33. The van der Waals surface area contributed by atoms with Gasteiger partial charge in [-0.25, -0.2) is 23.7 Å². The minimum Gasteiger partial charge on any atom is -0.377 e. The van der Waals surface area contributed by atoms with Crippen molar-refractivity contribution in [3.8, 4) is 17.3 Å². The van der Waals surface area contributed by atoms with Crippen molar-refractivity contribution in [1.82, 2.24) is 34.5 Å². The maximum absolute atomic E-state index is 13.9. The minimum atomic E-state index is -2.83. The molecule has 1 aliphatic heterocycles. The number of para-hydroxylation sites is 2. The molecule has 164 valence electrons. The highest BCUT2D eigenvalue weighted by Gasteiger charge is 2.26. The second kappa shape index (κ2) is 8.04. The summed E-state index contributed by atoms with van der Waals surface area (Å²) in [4.78, 5) is 27.7. The van der Waals surface area contributed by atoms with E-state index in [0.29, 0.717) is 42.3 Å². The molecule has 2 N–H and O–H groups in total. The normalized spacial score (nSPS) is 16.8. The van der Waals surface area contributed by atoms with Gasteiger partial charge in [0.25, 0.3) is 6.43 Å². The minimum absolute atomic E-state index is 0.0105. The molecule has 0 bridgehead atoms. The van der Waals surface area contributed by atoms with Crippen molar-refractivity contribution in [2.45, 2.75) is 19.4 Å². The summed E-state index contributed by atoms with van der Waals surface area (Å²) in [6, 6.07) is 6.83. The highest BCUT2D eigenvalue weighted by Crippen LogP contribution is 2.28. The van der Waals surface area contributed by atoms with Crippen LogP contribution in [0.1, 0.15) is 19.2 Å². The molecule has 1 atom stereocenters. The summed E-state index contributed by atoms with van der Waals surface area (Å²) in [5.41, 5.74) is 6.96. The van der Waals surface area contributed by atoms with E-state index in [-0.39, 0.29) is 23.8 Å². The zero-order valence-corrected chi connectivity index (χ0v) is 17.1. The Balaban J connectivity index is 1.74. The van der Waals surface area contributed by atoms with E-state index in [4.69, 9.17) is 10.5 Å². The number of ether oxygens (including phenoxy) is 1. The van der Waals surface area contributed by atoms with Gasteiger partial charge in [-0.15, -0.1) is 0 Å². The fourth-order valence-electron chi connectivity index (χ4n) is 3.59. The molecule has 4 heterocycles. The van der Waals surface area contributed by atoms with Gasteiger partial charge in [-0.3, -0.25) is 4.57 Å². The Morgan fingerprint density at radius 2 is 1.81 bits per heavy atom. The van der Waals surface area contributed by atoms with Crippen molar-refractivity contribution in [3.63, 3.8) is 0 Å². The molecule has 12 heteroatoms. The van der Waals surface area contributed by atoms with Crippen LogP contribution in [-0.4, -0.2) is 60.3 Å². The smallest absolute Gasteiger partial charge is 0.296 e. The molecular weight excluding hydrogens is 420 g/mol. The SMILES string of the molecule is C[C@H]1COCCN1c1nc(-c2cnc(N)nc2)nc(-n2c(C(F)F)nc3ccccc32)n1.